The zero-order valence-electron chi connectivity index (χ0n) is 16.8. The second-order valence-corrected chi connectivity index (χ2v) is 7.86. The van der Waals surface area contributed by atoms with Crippen molar-refractivity contribution < 1.29 is 14.3 Å². The quantitative estimate of drug-likeness (QED) is 0.534. The van der Waals surface area contributed by atoms with Gasteiger partial charge in [0.15, 0.2) is 6.61 Å². The van der Waals surface area contributed by atoms with Gasteiger partial charge in [-0.15, -0.1) is 21.5 Å². The van der Waals surface area contributed by atoms with Gasteiger partial charge in [-0.05, 0) is 47.5 Å². The Kier molecular flexibility index (Phi) is 7.19. The molecule has 2 aromatic heterocycles. The van der Waals surface area contributed by atoms with Crippen molar-refractivity contribution in [2.24, 2.45) is 0 Å². The van der Waals surface area contributed by atoms with Crippen LogP contribution in [0.4, 0.5) is 0 Å². The molecule has 0 atom stereocenters. The Balaban J connectivity index is 1.40. The van der Waals surface area contributed by atoms with Gasteiger partial charge in [0.25, 0.3) is 5.91 Å². The average Bonchev–Trinajstić information content (AvgIpc) is 3.25. The fourth-order valence-electron chi connectivity index (χ4n) is 2.74. The predicted octanol–water partition coefficient (Wildman–Crippen LogP) is 4.21. The summed E-state index contributed by atoms with van der Waals surface area (Å²) in [6, 6.07) is 13.7. The molecule has 0 radical (unpaired) electrons. The Morgan fingerprint density at radius 2 is 2.00 bits per heavy atom. The molecule has 3 rings (SSSR count). The maximum absolute atomic E-state index is 12.1. The van der Waals surface area contributed by atoms with Gasteiger partial charge in [-0.1, -0.05) is 32.0 Å². The van der Waals surface area contributed by atoms with Crippen molar-refractivity contribution in [3.63, 3.8) is 0 Å². The largest absolute Gasteiger partial charge is 0.483 e. The van der Waals surface area contributed by atoms with Gasteiger partial charge in [-0.3, -0.25) is 4.79 Å². The molecule has 1 amide bonds. The van der Waals surface area contributed by atoms with Gasteiger partial charge >= 0.3 is 0 Å². The number of rotatable bonds is 9. The molecule has 6 nitrogen and oxygen atoms in total. The number of nitrogens with zero attached hydrogens (tertiary/aromatic N) is 2. The highest BCUT2D eigenvalue weighted by Crippen LogP contribution is 2.27. The SMILES string of the molecule is Cc1ccc(C(C)C)c(OCC(=O)NCCOc2ccc(-c3cccs3)nn2)c1. The number of nitrogens with one attached hydrogen (secondary N) is 1. The summed E-state index contributed by atoms with van der Waals surface area (Å²) in [5.74, 6) is 1.32. The third-order valence-corrected chi connectivity index (χ3v) is 5.13. The molecule has 1 aromatic carbocycles. The van der Waals surface area contributed by atoms with Crippen LogP contribution in [0.2, 0.25) is 0 Å². The van der Waals surface area contributed by atoms with Gasteiger partial charge in [-0.2, -0.15) is 0 Å². The average molecular weight is 412 g/mol. The van der Waals surface area contributed by atoms with Gasteiger partial charge in [-0.25, -0.2) is 0 Å². The number of thiophene rings is 1. The van der Waals surface area contributed by atoms with E-state index in [1.54, 1.807) is 17.4 Å². The minimum Gasteiger partial charge on any atom is -0.483 e. The molecule has 2 heterocycles. The zero-order valence-corrected chi connectivity index (χ0v) is 17.7. The van der Waals surface area contributed by atoms with E-state index >= 15 is 0 Å². The fourth-order valence-corrected chi connectivity index (χ4v) is 3.43. The van der Waals surface area contributed by atoms with Crippen molar-refractivity contribution in [1.82, 2.24) is 15.5 Å². The summed E-state index contributed by atoms with van der Waals surface area (Å²) in [6.45, 7) is 6.85. The third kappa shape index (κ3) is 6.02. The molecule has 7 heteroatoms. The maximum Gasteiger partial charge on any atom is 0.258 e. The van der Waals surface area contributed by atoms with E-state index in [-0.39, 0.29) is 12.5 Å². The number of aryl methyl sites for hydroxylation is 1. The van der Waals surface area contributed by atoms with Crippen LogP contribution in [0.25, 0.3) is 10.6 Å². The zero-order chi connectivity index (χ0) is 20.6. The maximum atomic E-state index is 12.1. The molecule has 0 aliphatic heterocycles. The molecule has 0 bridgehead atoms. The van der Waals surface area contributed by atoms with Crippen LogP contribution in [0.5, 0.6) is 11.6 Å². The molecule has 0 fully saturated rings. The van der Waals surface area contributed by atoms with Crippen LogP contribution >= 0.6 is 11.3 Å². The number of carbonyl (C=O) groups is 1. The first-order valence-electron chi connectivity index (χ1n) is 9.53. The van der Waals surface area contributed by atoms with Crippen molar-refractivity contribution in [1.29, 1.82) is 0 Å². The standard InChI is InChI=1S/C22H25N3O3S/c1-15(2)17-7-6-16(3)13-19(17)28-14-21(26)23-10-11-27-22-9-8-18(24-25-22)20-5-4-12-29-20/h4-9,12-13,15H,10-11,14H2,1-3H3,(H,23,26). The van der Waals surface area contributed by atoms with Crippen molar-refractivity contribution in [3.8, 4) is 22.2 Å². The Morgan fingerprint density at radius 3 is 2.69 bits per heavy atom. The topological polar surface area (TPSA) is 73.3 Å². The fraction of sp³-hybridized carbons (Fsp3) is 0.318. The Bertz CT molecular complexity index is 925. The van der Waals surface area contributed by atoms with Crippen LogP contribution in [0.15, 0.2) is 47.8 Å². The lowest BCUT2D eigenvalue weighted by atomic mass is 10.0. The lowest BCUT2D eigenvalue weighted by Crippen LogP contribution is -2.32. The van der Waals surface area contributed by atoms with E-state index in [1.807, 2.05) is 42.6 Å². The lowest BCUT2D eigenvalue weighted by molar-refractivity contribution is -0.123. The van der Waals surface area contributed by atoms with Gasteiger partial charge in [0.2, 0.25) is 5.88 Å². The highest BCUT2D eigenvalue weighted by Gasteiger charge is 2.10. The number of benzene rings is 1. The van der Waals surface area contributed by atoms with Crippen LogP contribution in [0.3, 0.4) is 0 Å². The van der Waals surface area contributed by atoms with E-state index in [0.717, 1.165) is 27.4 Å². The van der Waals surface area contributed by atoms with E-state index in [4.69, 9.17) is 9.47 Å². The third-order valence-electron chi connectivity index (χ3n) is 4.24. The molecular weight excluding hydrogens is 386 g/mol. The van der Waals surface area contributed by atoms with Gasteiger partial charge in [0.05, 0.1) is 11.4 Å². The van der Waals surface area contributed by atoms with Crippen LogP contribution in [-0.2, 0) is 4.79 Å². The van der Waals surface area contributed by atoms with E-state index in [0.29, 0.717) is 24.9 Å². The number of hydrogen-bond acceptors (Lipinski definition) is 6. The number of carbonyl (C=O) groups excluding carboxylic acids is 1. The molecule has 0 aliphatic carbocycles. The molecule has 1 N–H and O–H groups in total. The highest BCUT2D eigenvalue weighted by molar-refractivity contribution is 7.13. The summed E-state index contributed by atoms with van der Waals surface area (Å²) >= 11 is 1.61. The normalized spacial score (nSPS) is 10.8. The van der Waals surface area contributed by atoms with Gasteiger partial charge in [0, 0.05) is 6.07 Å². The predicted molar refractivity (Wildman–Crippen MR) is 115 cm³/mol. The molecule has 0 saturated carbocycles. The molecule has 152 valence electrons. The summed E-state index contributed by atoms with van der Waals surface area (Å²) in [6.07, 6.45) is 0. The van der Waals surface area contributed by atoms with Gasteiger partial charge < -0.3 is 14.8 Å². The van der Waals surface area contributed by atoms with Crippen LogP contribution in [-0.4, -0.2) is 35.9 Å². The second kappa shape index (κ2) is 10.0. The Hall–Kier alpha value is -2.93. The minimum absolute atomic E-state index is 0.0293. The van der Waals surface area contributed by atoms with Crippen LogP contribution < -0.4 is 14.8 Å². The molecule has 0 unspecified atom stereocenters. The van der Waals surface area contributed by atoms with E-state index in [9.17, 15) is 4.79 Å². The summed E-state index contributed by atoms with van der Waals surface area (Å²) in [5, 5.41) is 13.0. The summed E-state index contributed by atoms with van der Waals surface area (Å²) in [5.41, 5.74) is 3.01. The summed E-state index contributed by atoms with van der Waals surface area (Å²) in [7, 11) is 0. The van der Waals surface area contributed by atoms with Crippen molar-refractivity contribution in [2.75, 3.05) is 19.8 Å². The minimum atomic E-state index is -0.191. The Labute approximate surface area is 174 Å². The van der Waals surface area contributed by atoms with Crippen LogP contribution in [0, 0.1) is 6.92 Å². The second-order valence-electron chi connectivity index (χ2n) is 6.92. The van der Waals surface area contributed by atoms with Crippen molar-refractivity contribution in [2.45, 2.75) is 26.7 Å². The molecule has 0 aliphatic rings. The molecule has 0 saturated heterocycles. The highest BCUT2D eigenvalue weighted by atomic mass is 32.1. The smallest absolute Gasteiger partial charge is 0.258 e. The van der Waals surface area contributed by atoms with Gasteiger partial charge in [0.1, 0.15) is 18.1 Å². The number of ether oxygens (including phenoxy) is 2. The molecule has 3 aromatic rings. The lowest BCUT2D eigenvalue weighted by Gasteiger charge is -2.14. The first kappa shape index (κ1) is 20.8. The van der Waals surface area contributed by atoms with E-state index < -0.39 is 0 Å². The monoisotopic (exact) mass is 411 g/mol. The number of aromatic nitrogens is 2. The molecular formula is C22H25N3O3S. The number of hydrogen-bond donors (Lipinski definition) is 1. The first-order valence-corrected chi connectivity index (χ1v) is 10.4. The van der Waals surface area contributed by atoms with E-state index in [2.05, 4.69) is 35.4 Å². The Morgan fingerprint density at radius 1 is 1.14 bits per heavy atom. The van der Waals surface area contributed by atoms with Crippen molar-refractivity contribution in [3.05, 3.63) is 59.0 Å². The molecule has 29 heavy (non-hydrogen) atoms. The van der Waals surface area contributed by atoms with E-state index in [1.165, 1.54) is 0 Å². The van der Waals surface area contributed by atoms with Crippen LogP contribution in [0.1, 0.15) is 30.9 Å². The summed E-state index contributed by atoms with van der Waals surface area (Å²) in [4.78, 5) is 13.1. The summed E-state index contributed by atoms with van der Waals surface area (Å²) < 4.78 is 11.3. The molecule has 0 spiro atoms. The first-order chi connectivity index (χ1) is 14.0. The van der Waals surface area contributed by atoms with Crippen molar-refractivity contribution >= 4 is 17.2 Å². The number of amides is 1.